The Hall–Kier alpha value is -2.94. The molecule has 0 saturated heterocycles. The number of hydrogen-bond acceptors (Lipinski definition) is 3. The summed E-state index contributed by atoms with van der Waals surface area (Å²) in [6.45, 7) is 0. The molecule has 0 aliphatic heterocycles. The van der Waals surface area contributed by atoms with E-state index >= 15 is 0 Å². The summed E-state index contributed by atoms with van der Waals surface area (Å²) >= 11 is 0. The average molecular weight is 272 g/mol. The molecule has 3 heteroatoms. The highest BCUT2D eigenvalue weighted by Crippen LogP contribution is 2.37. The molecule has 0 unspecified atom stereocenters. The average Bonchev–Trinajstić information content (AvgIpc) is 2.96. The van der Waals surface area contributed by atoms with Crippen LogP contribution in [0.25, 0.3) is 33.7 Å². The number of fused-ring (bicyclic) bond motifs is 1. The molecule has 4 aromatic rings. The predicted octanol–water partition coefficient (Wildman–Crippen LogP) is 4.56. The molecular weight excluding hydrogens is 260 g/mol. The van der Waals surface area contributed by atoms with Crippen LogP contribution < -0.4 is 0 Å². The van der Waals surface area contributed by atoms with E-state index in [0.29, 0.717) is 0 Å². The Kier molecular flexibility index (Phi) is 2.75. The number of nitrogens with zero attached hydrogens (tertiary/aromatic N) is 2. The number of furan rings is 1. The van der Waals surface area contributed by atoms with Crippen molar-refractivity contribution < 1.29 is 4.42 Å². The lowest BCUT2D eigenvalue weighted by Gasteiger charge is -1.96. The summed E-state index contributed by atoms with van der Waals surface area (Å²) < 4.78 is 6.11. The van der Waals surface area contributed by atoms with Gasteiger partial charge in [-0.05, 0) is 24.3 Å². The van der Waals surface area contributed by atoms with Crippen molar-refractivity contribution in [3.8, 4) is 22.9 Å². The quantitative estimate of drug-likeness (QED) is 0.537. The minimum absolute atomic E-state index is 0.784. The molecule has 0 atom stereocenters. The van der Waals surface area contributed by atoms with Gasteiger partial charge in [-0.2, -0.15) is 0 Å². The van der Waals surface area contributed by atoms with Crippen molar-refractivity contribution in [2.75, 3.05) is 0 Å². The molecule has 1 aromatic carbocycles. The van der Waals surface area contributed by atoms with Crippen molar-refractivity contribution in [1.82, 2.24) is 9.97 Å². The third-order valence-electron chi connectivity index (χ3n) is 3.42. The molecule has 0 aliphatic rings. The van der Waals surface area contributed by atoms with E-state index in [-0.39, 0.29) is 0 Å². The molecular formula is C18H12N2O. The number of aromatic nitrogens is 2. The van der Waals surface area contributed by atoms with Gasteiger partial charge in [-0.25, -0.2) is 0 Å². The molecule has 0 radical (unpaired) electrons. The predicted molar refractivity (Wildman–Crippen MR) is 82.7 cm³/mol. The van der Waals surface area contributed by atoms with Crippen molar-refractivity contribution in [3.05, 3.63) is 73.1 Å². The van der Waals surface area contributed by atoms with Crippen LogP contribution in [0.15, 0.2) is 77.5 Å². The molecule has 0 bridgehead atoms. The third kappa shape index (κ3) is 1.99. The zero-order chi connectivity index (χ0) is 14.1. The van der Waals surface area contributed by atoms with E-state index in [1.165, 1.54) is 0 Å². The molecule has 0 amide bonds. The Labute approximate surface area is 121 Å². The molecule has 100 valence electrons. The van der Waals surface area contributed by atoms with Gasteiger partial charge in [-0.1, -0.05) is 36.4 Å². The molecule has 0 fully saturated rings. The first-order valence-corrected chi connectivity index (χ1v) is 6.78. The Balaban J connectivity index is 2.02. The SMILES string of the molecule is c1ccc(-c2oc(-c3ccccn3)c3ccccc23)nc1. The van der Waals surface area contributed by atoms with E-state index in [2.05, 4.69) is 22.1 Å². The highest BCUT2D eigenvalue weighted by atomic mass is 16.3. The molecule has 21 heavy (non-hydrogen) atoms. The Morgan fingerprint density at radius 3 is 1.48 bits per heavy atom. The molecule has 3 nitrogen and oxygen atoms in total. The Morgan fingerprint density at radius 2 is 1.05 bits per heavy atom. The van der Waals surface area contributed by atoms with Crippen LogP contribution in [0.4, 0.5) is 0 Å². The normalized spacial score (nSPS) is 10.9. The standard InChI is InChI=1S/C18H12N2O/c1-2-8-14-13(7-1)17(15-9-3-5-11-19-15)21-18(14)16-10-4-6-12-20-16/h1-12H. The second-order valence-electron chi connectivity index (χ2n) is 4.74. The molecule has 0 aliphatic carbocycles. The van der Waals surface area contributed by atoms with Crippen LogP contribution in [0, 0.1) is 0 Å². The van der Waals surface area contributed by atoms with Crippen LogP contribution in [0.2, 0.25) is 0 Å². The minimum Gasteiger partial charge on any atom is -0.451 e. The van der Waals surface area contributed by atoms with Gasteiger partial charge in [0.15, 0.2) is 11.5 Å². The largest absolute Gasteiger partial charge is 0.451 e. The van der Waals surface area contributed by atoms with Crippen LogP contribution in [-0.4, -0.2) is 9.97 Å². The Morgan fingerprint density at radius 1 is 0.571 bits per heavy atom. The Bertz CT molecular complexity index is 809. The highest BCUT2D eigenvalue weighted by molar-refractivity contribution is 6.01. The van der Waals surface area contributed by atoms with Crippen LogP contribution in [0.5, 0.6) is 0 Å². The molecule has 0 saturated carbocycles. The fourth-order valence-electron chi connectivity index (χ4n) is 2.47. The van der Waals surface area contributed by atoms with Gasteiger partial charge < -0.3 is 4.42 Å². The molecule has 0 N–H and O–H groups in total. The first-order chi connectivity index (χ1) is 10.4. The van der Waals surface area contributed by atoms with Gasteiger partial charge in [0.25, 0.3) is 0 Å². The fraction of sp³-hybridized carbons (Fsp3) is 0. The summed E-state index contributed by atoms with van der Waals surface area (Å²) in [5.41, 5.74) is 1.66. The maximum absolute atomic E-state index is 6.11. The molecule has 0 spiro atoms. The lowest BCUT2D eigenvalue weighted by atomic mass is 10.1. The summed E-state index contributed by atoms with van der Waals surface area (Å²) in [5.74, 6) is 1.57. The lowest BCUT2D eigenvalue weighted by molar-refractivity contribution is 0.597. The zero-order valence-corrected chi connectivity index (χ0v) is 11.2. The summed E-state index contributed by atoms with van der Waals surface area (Å²) in [7, 11) is 0. The van der Waals surface area contributed by atoms with E-state index in [0.717, 1.165) is 33.7 Å². The van der Waals surface area contributed by atoms with Crippen LogP contribution in [0.3, 0.4) is 0 Å². The van der Waals surface area contributed by atoms with Crippen molar-refractivity contribution in [2.45, 2.75) is 0 Å². The van der Waals surface area contributed by atoms with Crippen molar-refractivity contribution >= 4 is 10.8 Å². The summed E-state index contributed by atoms with van der Waals surface area (Å²) in [6.07, 6.45) is 3.54. The van der Waals surface area contributed by atoms with Gasteiger partial charge in [0.1, 0.15) is 11.4 Å². The number of rotatable bonds is 2. The van der Waals surface area contributed by atoms with Gasteiger partial charge in [-0.3, -0.25) is 9.97 Å². The second kappa shape index (κ2) is 4.87. The van der Waals surface area contributed by atoms with Gasteiger partial charge in [0, 0.05) is 23.2 Å². The maximum atomic E-state index is 6.11. The first kappa shape index (κ1) is 11.9. The molecule has 4 rings (SSSR count). The highest BCUT2D eigenvalue weighted by Gasteiger charge is 2.16. The van der Waals surface area contributed by atoms with Crippen LogP contribution >= 0.6 is 0 Å². The van der Waals surface area contributed by atoms with Crippen molar-refractivity contribution in [3.63, 3.8) is 0 Å². The monoisotopic (exact) mass is 272 g/mol. The van der Waals surface area contributed by atoms with Crippen molar-refractivity contribution in [2.24, 2.45) is 0 Å². The lowest BCUT2D eigenvalue weighted by Crippen LogP contribution is -1.79. The van der Waals surface area contributed by atoms with Crippen molar-refractivity contribution in [1.29, 1.82) is 0 Å². The third-order valence-corrected chi connectivity index (χ3v) is 3.42. The van der Waals surface area contributed by atoms with E-state index in [1.807, 2.05) is 48.5 Å². The number of benzene rings is 1. The number of hydrogen-bond donors (Lipinski definition) is 0. The van der Waals surface area contributed by atoms with E-state index in [9.17, 15) is 0 Å². The van der Waals surface area contributed by atoms with E-state index in [1.54, 1.807) is 12.4 Å². The van der Waals surface area contributed by atoms with Gasteiger partial charge in [0.05, 0.1) is 0 Å². The van der Waals surface area contributed by atoms with E-state index in [4.69, 9.17) is 4.42 Å². The maximum Gasteiger partial charge on any atom is 0.161 e. The summed E-state index contributed by atoms with van der Waals surface area (Å²) in [5, 5.41) is 2.11. The van der Waals surface area contributed by atoms with Crippen LogP contribution in [-0.2, 0) is 0 Å². The zero-order valence-electron chi connectivity index (χ0n) is 11.2. The van der Waals surface area contributed by atoms with Gasteiger partial charge >= 0.3 is 0 Å². The smallest absolute Gasteiger partial charge is 0.161 e. The van der Waals surface area contributed by atoms with Gasteiger partial charge in [0.2, 0.25) is 0 Å². The minimum atomic E-state index is 0.784. The fourth-order valence-corrected chi connectivity index (χ4v) is 2.47. The van der Waals surface area contributed by atoms with Crippen LogP contribution in [0.1, 0.15) is 0 Å². The van der Waals surface area contributed by atoms with Gasteiger partial charge in [-0.15, -0.1) is 0 Å². The summed E-state index contributed by atoms with van der Waals surface area (Å²) in [6, 6.07) is 19.7. The molecule has 3 heterocycles. The first-order valence-electron chi connectivity index (χ1n) is 6.78. The second-order valence-corrected chi connectivity index (χ2v) is 4.74. The summed E-state index contributed by atoms with van der Waals surface area (Å²) in [4.78, 5) is 8.78. The molecule has 3 aromatic heterocycles. The topological polar surface area (TPSA) is 38.9 Å². The number of pyridine rings is 2. The van der Waals surface area contributed by atoms with E-state index < -0.39 is 0 Å².